The summed E-state index contributed by atoms with van der Waals surface area (Å²) in [5.74, 6) is -0.186. The first-order valence-electron chi connectivity index (χ1n) is 11.3. The maximum Gasteiger partial charge on any atom is 0.416 e. The molecular weight excluding hydrogens is 475 g/mol. The van der Waals surface area contributed by atoms with Crippen molar-refractivity contribution in [2.45, 2.75) is 45.1 Å². The molecule has 2 aromatic carbocycles. The van der Waals surface area contributed by atoms with Gasteiger partial charge in [0.15, 0.2) is 0 Å². The molecular formula is C26H26F3N3O2S. The minimum absolute atomic E-state index is 0.0593. The minimum atomic E-state index is -4.45. The van der Waals surface area contributed by atoms with Crippen LogP contribution in [0.4, 0.5) is 23.7 Å². The van der Waals surface area contributed by atoms with E-state index in [1.54, 1.807) is 16.2 Å². The summed E-state index contributed by atoms with van der Waals surface area (Å²) < 4.78 is 38.5. The third-order valence-electron chi connectivity index (χ3n) is 5.73. The Morgan fingerprint density at radius 1 is 0.971 bits per heavy atom. The van der Waals surface area contributed by atoms with Gasteiger partial charge in [-0.1, -0.05) is 30.3 Å². The molecule has 184 valence electrons. The van der Waals surface area contributed by atoms with Gasteiger partial charge in [0.2, 0.25) is 5.91 Å². The Hall–Kier alpha value is -3.33. The van der Waals surface area contributed by atoms with Crippen molar-refractivity contribution in [1.29, 1.82) is 0 Å². The third kappa shape index (κ3) is 6.85. The Bertz CT molecular complexity index is 1160. The zero-order chi connectivity index (χ0) is 25.0. The maximum absolute atomic E-state index is 13.4. The second-order valence-corrected chi connectivity index (χ2v) is 9.98. The Morgan fingerprint density at radius 3 is 2.23 bits per heavy atom. The van der Waals surface area contributed by atoms with Crippen molar-refractivity contribution >= 4 is 29.0 Å². The molecule has 9 heteroatoms. The Kier molecular flexibility index (Phi) is 7.45. The number of rotatable bonds is 8. The molecule has 0 saturated heterocycles. The smallest absolute Gasteiger partial charge is 0.332 e. The fourth-order valence-electron chi connectivity index (χ4n) is 3.73. The first-order chi connectivity index (χ1) is 16.7. The fraction of sp³-hybridized carbons (Fsp3) is 0.308. The number of hydrogen-bond donors (Lipinski definition) is 1. The molecule has 35 heavy (non-hydrogen) atoms. The third-order valence-corrected chi connectivity index (χ3v) is 6.71. The van der Waals surface area contributed by atoms with Crippen LogP contribution in [-0.2, 0) is 24.1 Å². The van der Waals surface area contributed by atoms with Crippen LogP contribution in [0.1, 0.15) is 33.7 Å². The van der Waals surface area contributed by atoms with Crippen molar-refractivity contribution in [2.75, 3.05) is 11.9 Å². The van der Waals surface area contributed by atoms with Crippen molar-refractivity contribution in [1.82, 2.24) is 9.80 Å². The number of carbonyl (C=O) groups is 2. The summed E-state index contributed by atoms with van der Waals surface area (Å²) >= 11 is 1.63. The largest absolute Gasteiger partial charge is 0.416 e. The molecule has 3 amide bonds. The molecule has 3 aromatic rings. The number of carbonyl (C=O) groups excluding carboxylic acids is 2. The second-order valence-electron chi connectivity index (χ2n) is 8.61. The van der Waals surface area contributed by atoms with E-state index >= 15 is 0 Å². The molecule has 0 aliphatic heterocycles. The normalized spacial score (nSPS) is 13.4. The molecule has 1 aliphatic carbocycles. The van der Waals surface area contributed by atoms with E-state index in [-0.39, 0.29) is 24.2 Å². The lowest BCUT2D eigenvalue weighted by Crippen LogP contribution is -2.45. The lowest BCUT2D eigenvalue weighted by Gasteiger charge is -2.28. The average molecular weight is 502 g/mol. The van der Waals surface area contributed by atoms with Gasteiger partial charge >= 0.3 is 12.2 Å². The van der Waals surface area contributed by atoms with Crippen molar-refractivity contribution in [2.24, 2.45) is 0 Å². The van der Waals surface area contributed by atoms with Gasteiger partial charge in [0.1, 0.15) is 6.54 Å². The van der Waals surface area contributed by atoms with Crippen molar-refractivity contribution < 1.29 is 22.8 Å². The number of hydrogen-bond acceptors (Lipinski definition) is 3. The lowest BCUT2D eigenvalue weighted by atomic mass is 10.2. The SMILES string of the molecule is Cc1ccc(CN(Cc2ccccc2)C(=O)CN(C(=O)Nc2ccc(C(F)(F)F)cc2)C2CC2)s1. The number of anilines is 1. The Labute approximate surface area is 206 Å². The summed E-state index contributed by atoms with van der Waals surface area (Å²) in [7, 11) is 0. The van der Waals surface area contributed by atoms with Crippen LogP contribution < -0.4 is 5.32 Å². The zero-order valence-corrected chi connectivity index (χ0v) is 20.0. The van der Waals surface area contributed by atoms with Gasteiger partial charge in [-0.15, -0.1) is 11.3 Å². The van der Waals surface area contributed by atoms with Gasteiger partial charge in [0, 0.05) is 28.0 Å². The fourth-order valence-corrected chi connectivity index (χ4v) is 4.64. The summed E-state index contributed by atoms with van der Waals surface area (Å²) in [6, 6.07) is 17.4. The minimum Gasteiger partial charge on any atom is -0.332 e. The zero-order valence-electron chi connectivity index (χ0n) is 19.2. The molecule has 0 bridgehead atoms. The van der Waals surface area contributed by atoms with Gasteiger partial charge < -0.3 is 15.1 Å². The number of benzene rings is 2. The van der Waals surface area contributed by atoms with Crippen LogP contribution in [0.3, 0.4) is 0 Å². The van der Waals surface area contributed by atoms with Crippen LogP contribution in [0.25, 0.3) is 0 Å². The first-order valence-corrected chi connectivity index (χ1v) is 12.1. The van der Waals surface area contributed by atoms with Crippen LogP contribution >= 0.6 is 11.3 Å². The number of aryl methyl sites for hydroxylation is 1. The Morgan fingerprint density at radius 2 is 1.66 bits per heavy atom. The van der Waals surface area contributed by atoms with Crippen molar-refractivity contribution in [3.8, 4) is 0 Å². The van der Waals surface area contributed by atoms with E-state index in [4.69, 9.17) is 0 Å². The molecule has 5 nitrogen and oxygen atoms in total. The van der Waals surface area contributed by atoms with E-state index in [1.165, 1.54) is 17.0 Å². The molecule has 0 atom stereocenters. The van der Waals surface area contributed by atoms with Crippen LogP contribution in [0, 0.1) is 6.92 Å². The highest BCUT2D eigenvalue weighted by Crippen LogP contribution is 2.31. The summed E-state index contributed by atoms with van der Waals surface area (Å²) in [6.45, 7) is 2.76. The molecule has 1 heterocycles. The van der Waals surface area contributed by atoms with Gasteiger partial charge in [-0.25, -0.2) is 4.79 Å². The number of thiophene rings is 1. The van der Waals surface area contributed by atoms with Crippen LogP contribution in [0.5, 0.6) is 0 Å². The summed E-state index contributed by atoms with van der Waals surface area (Å²) in [6.07, 6.45) is -2.87. The second kappa shape index (κ2) is 10.5. The molecule has 0 spiro atoms. The van der Waals surface area contributed by atoms with Gasteiger partial charge in [0.25, 0.3) is 0 Å². The molecule has 1 N–H and O–H groups in total. The molecule has 1 aliphatic rings. The highest BCUT2D eigenvalue weighted by molar-refractivity contribution is 7.11. The standard InChI is InChI=1S/C26H26F3N3O2S/c1-18-7-14-23(35-18)16-31(15-19-5-3-2-4-6-19)24(33)17-32(22-12-13-22)25(34)30-21-10-8-20(9-11-21)26(27,28)29/h2-11,14,22H,12-13,15-17H2,1H3,(H,30,34). The van der Waals surface area contributed by atoms with E-state index in [0.717, 1.165) is 40.3 Å². The molecule has 4 rings (SSSR count). The van der Waals surface area contributed by atoms with Gasteiger partial charge in [-0.05, 0) is 61.7 Å². The highest BCUT2D eigenvalue weighted by atomic mass is 32.1. The van der Waals surface area contributed by atoms with Gasteiger partial charge in [-0.2, -0.15) is 13.2 Å². The topological polar surface area (TPSA) is 52.7 Å². The molecule has 1 aromatic heterocycles. The summed E-state index contributed by atoms with van der Waals surface area (Å²) in [4.78, 5) is 31.8. The predicted octanol–water partition coefficient (Wildman–Crippen LogP) is 6.30. The number of urea groups is 1. The van der Waals surface area contributed by atoms with E-state index in [0.29, 0.717) is 13.1 Å². The predicted molar refractivity (Wildman–Crippen MR) is 130 cm³/mol. The molecule has 0 unspecified atom stereocenters. The van der Waals surface area contributed by atoms with E-state index < -0.39 is 17.8 Å². The number of alkyl halides is 3. The number of nitrogens with zero attached hydrogens (tertiary/aromatic N) is 2. The molecule has 0 radical (unpaired) electrons. The average Bonchev–Trinajstić information content (AvgIpc) is 3.58. The van der Waals surface area contributed by atoms with Crippen LogP contribution in [0.2, 0.25) is 0 Å². The van der Waals surface area contributed by atoms with E-state index in [1.807, 2.05) is 49.4 Å². The highest BCUT2D eigenvalue weighted by Gasteiger charge is 2.35. The Balaban J connectivity index is 1.46. The van der Waals surface area contributed by atoms with E-state index in [9.17, 15) is 22.8 Å². The van der Waals surface area contributed by atoms with Crippen LogP contribution in [0.15, 0.2) is 66.7 Å². The first kappa shape index (κ1) is 24.8. The summed E-state index contributed by atoms with van der Waals surface area (Å²) in [5, 5.41) is 2.64. The molecule has 1 fully saturated rings. The lowest BCUT2D eigenvalue weighted by molar-refractivity contribution is -0.137. The van der Waals surface area contributed by atoms with Gasteiger partial charge in [0.05, 0.1) is 12.1 Å². The maximum atomic E-state index is 13.4. The molecule has 1 saturated carbocycles. The van der Waals surface area contributed by atoms with Gasteiger partial charge in [-0.3, -0.25) is 4.79 Å². The number of nitrogens with one attached hydrogen (secondary N) is 1. The summed E-state index contributed by atoms with van der Waals surface area (Å²) in [5.41, 5.74) is 0.447. The van der Waals surface area contributed by atoms with E-state index in [2.05, 4.69) is 5.32 Å². The number of amides is 3. The number of halogens is 3. The van der Waals surface area contributed by atoms with Crippen molar-refractivity contribution in [3.05, 3.63) is 87.6 Å². The van der Waals surface area contributed by atoms with Crippen molar-refractivity contribution in [3.63, 3.8) is 0 Å². The monoisotopic (exact) mass is 501 g/mol. The van der Waals surface area contributed by atoms with Crippen LogP contribution in [-0.4, -0.2) is 34.3 Å². The quantitative estimate of drug-likeness (QED) is 0.394.